The highest BCUT2D eigenvalue weighted by atomic mass is 19.1. The average molecular weight is 327 g/mol. The molecule has 2 aromatic heterocycles. The van der Waals surface area contributed by atoms with Crippen LogP contribution in [0.3, 0.4) is 0 Å². The summed E-state index contributed by atoms with van der Waals surface area (Å²) in [6.07, 6.45) is -0.799. The van der Waals surface area contributed by atoms with Crippen LogP contribution in [0.1, 0.15) is 35.8 Å². The number of ether oxygens (including phenoxy) is 1. The number of nitrogens with zero attached hydrogens (tertiary/aromatic N) is 2. The minimum Gasteiger partial charge on any atom is -0.443 e. The Morgan fingerprint density at radius 3 is 2.62 bits per heavy atom. The highest BCUT2D eigenvalue weighted by molar-refractivity contribution is 5.86. The van der Waals surface area contributed by atoms with Gasteiger partial charge in [0.2, 0.25) is 5.71 Å². The van der Waals surface area contributed by atoms with E-state index in [4.69, 9.17) is 9.15 Å². The van der Waals surface area contributed by atoms with E-state index in [9.17, 15) is 4.39 Å². The second kappa shape index (κ2) is 5.87. The normalized spacial score (nSPS) is 16.1. The lowest BCUT2D eigenvalue weighted by atomic mass is 9.95. The van der Waals surface area contributed by atoms with Crippen LogP contribution < -0.4 is 5.32 Å². The summed E-state index contributed by atoms with van der Waals surface area (Å²) in [6.45, 7) is 5.41. The monoisotopic (exact) mass is 327 g/mol. The summed E-state index contributed by atoms with van der Waals surface area (Å²) in [4.78, 5) is 7.57. The minimum absolute atomic E-state index is 0.0237. The van der Waals surface area contributed by atoms with Gasteiger partial charge >= 0.3 is 6.08 Å². The van der Waals surface area contributed by atoms with Gasteiger partial charge in [-0.1, -0.05) is 24.3 Å². The van der Waals surface area contributed by atoms with E-state index in [0.29, 0.717) is 22.9 Å². The van der Waals surface area contributed by atoms with Crippen molar-refractivity contribution in [2.45, 2.75) is 25.8 Å². The van der Waals surface area contributed by atoms with Gasteiger partial charge in [0.1, 0.15) is 11.6 Å². The molecule has 1 saturated heterocycles. The standard InChI is InChI=1S/C18H18FN3O2/c1-10-7-15-16(21-18(19)22-17(15)24-10)20-11(2)12-3-5-13(6-4-12)14-8-23-9-14/h3-7,11,14H,8-9H2,1-2H3,(H,20,21,22)/t11-/m0/s1. The van der Waals surface area contributed by atoms with Gasteiger partial charge < -0.3 is 14.5 Å². The molecular weight excluding hydrogens is 309 g/mol. The Hall–Kier alpha value is -2.47. The van der Waals surface area contributed by atoms with Crippen LogP contribution in [0.15, 0.2) is 34.7 Å². The Bertz CT molecular complexity index is 872. The molecule has 0 bridgehead atoms. The lowest BCUT2D eigenvalue weighted by Crippen LogP contribution is -2.25. The van der Waals surface area contributed by atoms with Crippen molar-refractivity contribution in [2.75, 3.05) is 18.5 Å². The number of hydrogen-bond donors (Lipinski definition) is 1. The Labute approximate surface area is 138 Å². The number of nitrogens with one attached hydrogen (secondary N) is 1. The molecule has 1 aliphatic heterocycles. The van der Waals surface area contributed by atoms with Crippen LogP contribution in [0.5, 0.6) is 0 Å². The van der Waals surface area contributed by atoms with Gasteiger partial charge in [-0.15, -0.1) is 0 Å². The van der Waals surface area contributed by atoms with Gasteiger partial charge in [-0.3, -0.25) is 0 Å². The molecule has 0 aliphatic carbocycles. The molecule has 1 aromatic carbocycles. The molecule has 3 heterocycles. The molecule has 3 aromatic rings. The lowest BCUT2D eigenvalue weighted by molar-refractivity contribution is 0.00841. The van der Waals surface area contributed by atoms with Gasteiger partial charge in [-0.2, -0.15) is 14.4 Å². The fraction of sp³-hybridized carbons (Fsp3) is 0.333. The van der Waals surface area contributed by atoms with Crippen LogP contribution in [0.4, 0.5) is 10.2 Å². The van der Waals surface area contributed by atoms with Crippen molar-refractivity contribution in [1.82, 2.24) is 9.97 Å². The van der Waals surface area contributed by atoms with E-state index in [1.165, 1.54) is 5.56 Å². The first-order chi connectivity index (χ1) is 11.6. The van der Waals surface area contributed by atoms with Gasteiger partial charge in [0.15, 0.2) is 0 Å². The molecule has 1 atom stereocenters. The third-order valence-electron chi connectivity index (χ3n) is 4.39. The number of benzene rings is 1. The first kappa shape index (κ1) is 15.1. The Morgan fingerprint density at radius 2 is 1.96 bits per heavy atom. The minimum atomic E-state index is -0.799. The molecule has 6 heteroatoms. The molecule has 1 fully saturated rings. The SMILES string of the molecule is Cc1cc2c(N[C@@H](C)c3ccc(C4COC4)cc3)nc(F)nc2o1. The maximum Gasteiger partial charge on any atom is 0.313 e. The number of hydrogen-bond acceptors (Lipinski definition) is 5. The Kier molecular flexibility index (Phi) is 3.69. The van der Waals surface area contributed by atoms with Crippen LogP contribution in [0, 0.1) is 13.0 Å². The van der Waals surface area contributed by atoms with E-state index in [1.54, 1.807) is 6.92 Å². The molecule has 0 unspecified atom stereocenters. The van der Waals surface area contributed by atoms with Crippen molar-refractivity contribution in [3.8, 4) is 0 Å². The first-order valence-electron chi connectivity index (χ1n) is 7.98. The van der Waals surface area contributed by atoms with Gasteiger partial charge in [0, 0.05) is 12.0 Å². The number of aryl methyl sites for hydroxylation is 1. The molecule has 1 aliphatic rings. The highest BCUT2D eigenvalue weighted by Crippen LogP contribution is 2.29. The van der Waals surface area contributed by atoms with Crippen molar-refractivity contribution < 1.29 is 13.5 Å². The summed E-state index contributed by atoms with van der Waals surface area (Å²) in [5, 5.41) is 3.94. The molecule has 4 rings (SSSR count). The molecule has 124 valence electrons. The number of halogens is 1. The summed E-state index contributed by atoms with van der Waals surface area (Å²) in [5.74, 6) is 1.62. The zero-order valence-electron chi connectivity index (χ0n) is 13.5. The van der Waals surface area contributed by atoms with Crippen LogP contribution in [0.2, 0.25) is 0 Å². The van der Waals surface area contributed by atoms with Gasteiger partial charge in [0.05, 0.1) is 18.6 Å². The van der Waals surface area contributed by atoms with Crippen LogP contribution >= 0.6 is 0 Å². The molecule has 5 nitrogen and oxygen atoms in total. The molecular formula is C18H18FN3O2. The fourth-order valence-corrected chi connectivity index (χ4v) is 2.90. The molecule has 0 saturated carbocycles. The Morgan fingerprint density at radius 1 is 1.21 bits per heavy atom. The topological polar surface area (TPSA) is 60.2 Å². The zero-order valence-corrected chi connectivity index (χ0v) is 13.5. The molecule has 24 heavy (non-hydrogen) atoms. The quantitative estimate of drug-likeness (QED) is 0.735. The molecule has 0 amide bonds. The summed E-state index contributed by atoms with van der Waals surface area (Å²) in [5.41, 5.74) is 2.65. The van der Waals surface area contributed by atoms with E-state index in [-0.39, 0.29) is 11.8 Å². The smallest absolute Gasteiger partial charge is 0.313 e. The predicted octanol–water partition coefficient (Wildman–Crippen LogP) is 3.96. The van der Waals surface area contributed by atoms with Crippen molar-refractivity contribution >= 4 is 16.9 Å². The molecule has 0 radical (unpaired) electrons. The van der Waals surface area contributed by atoms with Crippen LogP contribution in [0.25, 0.3) is 11.1 Å². The predicted molar refractivity (Wildman–Crippen MR) is 88.5 cm³/mol. The summed E-state index contributed by atoms with van der Waals surface area (Å²) < 4.78 is 24.2. The van der Waals surface area contributed by atoms with Crippen molar-refractivity contribution in [3.05, 3.63) is 53.3 Å². The first-order valence-corrected chi connectivity index (χ1v) is 7.98. The third kappa shape index (κ3) is 2.73. The Balaban J connectivity index is 1.58. The van der Waals surface area contributed by atoms with Gasteiger partial charge in [-0.05, 0) is 31.0 Å². The summed E-state index contributed by atoms with van der Waals surface area (Å²) >= 11 is 0. The maximum atomic E-state index is 13.6. The highest BCUT2D eigenvalue weighted by Gasteiger charge is 2.20. The fourth-order valence-electron chi connectivity index (χ4n) is 2.90. The number of anilines is 1. The van der Waals surface area contributed by atoms with Crippen LogP contribution in [-0.2, 0) is 4.74 Å². The lowest BCUT2D eigenvalue weighted by Gasteiger charge is -2.26. The van der Waals surface area contributed by atoms with E-state index >= 15 is 0 Å². The van der Waals surface area contributed by atoms with Crippen LogP contribution in [-0.4, -0.2) is 23.2 Å². The third-order valence-corrected chi connectivity index (χ3v) is 4.39. The van der Waals surface area contributed by atoms with Gasteiger partial charge in [0.25, 0.3) is 0 Å². The van der Waals surface area contributed by atoms with E-state index in [0.717, 1.165) is 18.8 Å². The summed E-state index contributed by atoms with van der Waals surface area (Å²) in [6, 6.07) is 10.2. The number of rotatable bonds is 4. The summed E-state index contributed by atoms with van der Waals surface area (Å²) in [7, 11) is 0. The average Bonchev–Trinajstić information content (AvgIpc) is 2.86. The van der Waals surface area contributed by atoms with Crippen molar-refractivity contribution in [3.63, 3.8) is 0 Å². The van der Waals surface area contributed by atoms with Crippen molar-refractivity contribution in [2.24, 2.45) is 0 Å². The number of fused-ring (bicyclic) bond motifs is 1. The van der Waals surface area contributed by atoms with E-state index in [1.807, 2.05) is 13.0 Å². The van der Waals surface area contributed by atoms with E-state index < -0.39 is 6.08 Å². The molecule has 1 N–H and O–H groups in total. The van der Waals surface area contributed by atoms with E-state index in [2.05, 4.69) is 39.6 Å². The second-order valence-electron chi connectivity index (χ2n) is 6.18. The second-order valence-corrected chi connectivity index (χ2v) is 6.18. The van der Waals surface area contributed by atoms with Gasteiger partial charge in [-0.25, -0.2) is 0 Å². The number of aromatic nitrogens is 2. The largest absolute Gasteiger partial charge is 0.443 e. The number of furan rings is 1. The maximum absolute atomic E-state index is 13.6. The van der Waals surface area contributed by atoms with Crippen molar-refractivity contribution in [1.29, 1.82) is 0 Å². The zero-order chi connectivity index (χ0) is 16.7. The molecule has 0 spiro atoms.